The average Bonchev–Trinajstić information content (AvgIpc) is 2.78. The first-order valence-corrected chi connectivity index (χ1v) is 11.1. The number of rotatable bonds is 4. The van der Waals surface area contributed by atoms with E-state index in [9.17, 15) is 35.9 Å². The summed E-state index contributed by atoms with van der Waals surface area (Å²) < 4.78 is 79.2. The van der Waals surface area contributed by atoms with Gasteiger partial charge in [-0.2, -0.15) is 26.3 Å². The van der Waals surface area contributed by atoms with Crippen molar-refractivity contribution in [3.8, 4) is 0 Å². The molecule has 0 radical (unpaired) electrons. The normalized spacial score (nSPS) is 23.1. The molecule has 0 amide bonds. The van der Waals surface area contributed by atoms with Gasteiger partial charge in [-0.25, -0.2) is 0 Å². The van der Waals surface area contributed by atoms with E-state index in [0.29, 0.717) is 18.6 Å². The zero-order valence-corrected chi connectivity index (χ0v) is 17.8. The molecule has 1 N–H and O–H groups in total. The lowest BCUT2D eigenvalue weighted by Crippen LogP contribution is -2.49. The summed E-state index contributed by atoms with van der Waals surface area (Å²) >= 11 is 0. The van der Waals surface area contributed by atoms with Gasteiger partial charge >= 0.3 is 12.4 Å². The van der Waals surface area contributed by atoms with Gasteiger partial charge in [0.2, 0.25) is 10.9 Å². The summed E-state index contributed by atoms with van der Waals surface area (Å²) in [5.74, 6) is -0.266. The van der Waals surface area contributed by atoms with Crippen molar-refractivity contribution < 1.29 is 26.3 Å². The highest BCUT2D eigenvalue weighted by Crippen LogP contribution is 2.41. The predicted molar refractivity (Wildman–Crippen MR) is 112 cm³/mol. The van der Waals surface area contributed by atoms with Crippen LogP contribution < -0.4 is 16.2 Å². The van der Waals surface area contributed by atoms with Crippen LogP contribution in [0.15, 0.2) is 27.8 Å². The van der Waals surface area contributed by atoms with Gasteiger partial charge in [0, 0.05) is 23.2 Å². The van der Waals surface area contributed by atoms with Crippen LogP contribution in [0.4, 0.5) is 37.7 Å². The van der Waals surface area contributed by atoms with Gasteiger partial charge in [-0.3, -0.25) is 14.5 Å². The van der Waals surface area contributed by atoms with E-state index in [-0.39, 0.29) is 29.3 Å². The van der Waals surface area contributed by atoms with Gasteiger partial charge in [0.1, 0.15) is 0 Å². The lowest BCUT2D eigenvalue weighted by Gasteiger charge is -2.42. The van der Waals surface area contributed by atoms with Gasteiger partial charge in [-0.1, -0.05) is 19.3 Å². The minimum absolute atomic E-state index is 0.0295. The molecule has 0 unspecified atom stereocenters. The Hall–Kier alpha value is -2.36. The number of nitrogens with one attached hydrogen (secondary N) is 1. The number of halogens is 6. The smallest absolute Gasteiger partial charge is 0.352 e. The van der Waals surface area contributed by atoms with Crippen molar-refractivity contribution in [2.75, 3.05) is 18.4 Å². The molecule has 0 spiro atoms. The fourth-order valence-electron chi connectivity index (χ4n) is 5.19. The molecule has 1 heterocycles. The molecule has 1 saturated heterocycles. The molecule has 0 bridgehead atoms. The van der Waals surface area contributed by atoms with Gasteiger partial charge in [0.05, 0.1) is 16.8 Å². The Morgan fingerprint density at radius 2 is 1.33 bits per heavy atom. The monoisotopic (exact) mass is 474 g/mol. The number of nitrogens with zero attached hydrogens (tertiary/aromatic N) is 1. The number of alkyl halides is 6. The summed E-state index contributed by atoms with van der Waals surface area (Å²) in [7, 11) is 0. The van der Waals surface area contributed by atoms with E-state index in [4.69, 9.17) is 0 Å². The Morgan fingerprint density at radius 3 is 1.91 bits per heavy atom. The van der Waals surface area contributed by atoms with Crippen LogP contribution in [0.3, 0.4) is 0 Å². The van der Waals surface area contributed by atoms with Gasteiger partial charge in [0.15, 0.2) is 0 Å². The Morgan fingerprint density at radius 1 is 0.758 bits per heavy atom. The summed E-state index contributed by atoms with van der Waals surface area (Å²) in [4.78, 5) is 27.2. The van der Waals surface area contributed by atoms with E-state index < -0.39 is 40.0 Å². The molecule has 2 atom stereocenters. The van der Waals surface area contributed by atoms with E-state index in [1.165, 1.54) is 0 Å². The minimum atomic E-state index is -5.00. The molecule has 1 aliphatic heterocycles. The number of hydrogen-bond acceptors (Lipinski definition) is 4. The molecular formula is C23H24F6N2O2. The lowest BCUT2D eigenvalue weighted by molar-refractivity contribution is -0.143. The SMILES string of the molecule is O=c1c(Nc2cc(C(F)(F)F)cc(C(F)(F)F)c2)c([C@H]2CCCC[C@@H]2N2CCCCC2)c1=O. The molecule has 4 nitrogen and oxygen atoms in total. The molecule has 4 rings (SSSR count). The van der Waals surface area contributed by atoms with Crippen LogP contribution in [0.2, 0.25) is 0 Å². The fourth-order valence-corrected chi connectivity index (χ4v) is 5.19. The summed E-state index contributed by atoms with van der Waals surface area (Å²) in [6.45, 7) is 1.75. The Balaban J connectivity index is 1.69. The van der Waals surface area contributed by atoms with Crippen LogP contribution in [0.5, 0.6) is 0 Å². The number of likely N-dealkylation sites (tertiary alicyclic amines) is 1. The molecule has 180 valence electrons. The fraction of sp³-hybridized carbons (Fsp3) is 0.565. The summed E-state index contributed by atoms with van der Waals surface area (Å²) in [6.07, 6.45) is -3.52. The first-order valence-electron chi connectivity index (χ1n) is 11.1. The second kappa shape index (κ2) is 8.77. The first kappa shape index (κ1) is 23.8. The third-order valence-electron chi connectivity index (χ3n) is 6.76. The van der Waals surface area contributed by atoms with E-state index in [2.05, 4.69) is 10.2 Å². The van der Waals surface area contributed by atoms with Crippen molar-refractivity contribution in [3.63, 3.8) is 0 Å². The maximum Gasteiger partial charge on any atom is 0.416 e. The van der Waals surface area contributed by atoms with Crippen molar-refractivity contribution in [2.45, 2.75) is 69.3 Å². The van der Waals surface area contributed by atoms with Gasteiger partial charge < -0.3 is 5.32 Å². The molecule has 1 aliphatic carbocycles. The third kappa shape index (κ3) is 4.81. The second-order valence-corrected chi connectivity index (χ2v) is 8.92. The van der Waals surface area contributed by atoms with Gasteiger partial charge in [0.25, 0.3) is 0 Å². The third-order valence-corrected chi connectivity index (χ3v) is 6.76. The number of anilines is 2. The zero-order chi connectivity index (χ0) is 24.0. The van der Waals surface area contributed by atoms with Crippen LogP contribution in [0, 0.1) is 0 Å². The number of benzene rings is 1. The quantitative estimate of drug-likeness (QED) is 0.465. The highest BCUT2D eigenvalue weighted by Gasteiger charge is 2.39. The van der Waals surface area contributed by atoms with E-state index >= 15 is 0 Å². The largest absolute Gasteiger partial charge is 0.416 e. The summed E-state index contributed by atoms with van der Waals surface area (Å²) in [5, 5.41) is 2.45. The van der Waals surface area contributed by atoms with E-state index in [1.807, 2.05) is 0 Å². The standard InChI is InChI=1S/C23H24F6N2O2/c24-22(25,26)13-10-14(23(27,28)29)12-15(11-13)30-19-18(20(32)21(19)33)16-6-2-3-7-17(16)31-8-4-1-5-9-31/h10-12,16-17,30H,1-9H2/t16-,17-/m0/s1. The maximum absolute atomic E-state index is 13.2. The molecule has 1 saturated carbocycles. The van der Waals surface area contributed by atoms with Gasteiger partial charge in [-0.15, -0.1) is 0 Å². The second-order valence-electron chi connectivity index (χ2n) is 8.92. The van der Waals surface area contributed by atoms with Crippen LogP contribution in [-0.2, 0) is 12.4 Å². The zero-order valence-electron chi connectivity index (χ0n) is 17.8. The maximum atomic E-state index is 13.2. The number of hydrogen-bond donors (Lipinski definition) is 1. The van der Waals surface area contributed by atoms with E-state index in [0.717, 1.165) is 51.6 Å². The molecule has 10 heteroatoms. The average molecular weight is 474 g/mol. The van der Waals surface area contributed by atoms with Crippen LogP contribution in [-0.4, -0.2) is 24.0 Å². The summed E-state index contributed by atoms with van der Waals surface area (Å²) in [6, 6.07) is 1.12. The Labute approximate surface area is 186 Å². The van der Waals surface area contributed by atoms with E-state index in [1.54, 1.807) is 0 Å². The highest BCUT2D eigenvalue weighted by molar-refractivity contribution is 5.68. The summed E-state index contributed by atoms with van der Waals surface area (Å²) in [5.41, 5.74) is -5.06. The molecule has 2 aromatic carbocycles. The topological polar surface area (TPSA) is 49.4 Å². The van der Waals surface area contributed by atoms with Gasteiger partial charge in [-0.05, 0) is 57.0 Å². The lowest BCUT2D eigenvalue weighted by atomic mass is 9.76. The molecular weight excluding hydrogens is 450 g/mol. The molecule has 2 aliphatic rings. The van der Waals surface area contributed by atoms with Crippen molar-refractivity contribution in [1.29, 1.82) is 0 Å². The molecule has 2 aromatic rings. The van der Waals surface area contributed by atoms with Crippen molar-refractivity contribution in [1.82, 2.24) is 4.90 Å². The number of piperidine rings is 1. The van der Waals surface area contributed by atoms with Crippen molar-refractivity contribution in [3.05, 3.63) is 55.3 Å². The Bertz CT molecular complexity index is 1050. The van der Waals surface area contributed by atoms with Crippen molar-refractivity contribution in [2.24, 2.45) is 0 Å². The first-order chi connectivity index (χ1) is 15.5. The Kier molecular flexibility index (Phi) is 6.32. The minimum Gasteiger partial charge on any atom is -0.352 e. The molecule has 0 aromatic heterocycles. The highest BCUT2D eigenvalue weighted by atomic mass is 19.4. The van der Waals surface area contributed by atoms with Crippen LogP contribution >= 0.6 is 0 Å². The van der Waals surface area contributed by atoms with Crippen LogP contribution in [0.1, 0.15) is 67.6 Å². The predicted octanol–water partition coefficient (Wildman–Crippen LogP) is 5.58. The van der Waals surface area contributed by atoms with Crippen LogP contribution in [0.25, 0.3) is 0 Å². The molecule has 2 fully saturated rings. The van der Waals surface area contributed by atoms with Crippen molar-refractivity contribution >= 4 is 11.4 Å². The molecule has 33 heavy (non-hydrogen) atoms.